The zero-order chi connectivity index (χ0) is 19.1. The quantitative estimate of drug-likeness (QED) is 0.717. The van der Waals surface area contributed by atoms with E-state index in [2.05, 4.69) is 9.60 Å². The lowest BCUT2D eigenvalue weighted by Gasteiger charge is -2.29. The molecular weight excluding hydrogens is 364 g/mol. The molecule has 2 fully saturated rings. The van der Waals surface area contributed by atoms with E-state index in [1.807, 2.05) is 37.2 Å². The molecule has 2 heterocycles. The van der Waals surface area contributed by atoms with Gasteiger partial charge in [-0.15, -0.1) is 4.28 Å². The Balaban J connectivity index is 1.72. The van der Waals surface area contributed by atoms with Crippen molar-refractivity contribution in [1.82, 2.24) is 9.96 Å². The van der Waals surface area contributed by atoms with Gasteiger partial charge in [-0.05, 0) is 31.0 Å². The fourth-order valence-corrected chi connectivity index (χ4v) is 3.58. The van der Waals surface area contributed by atoms with Crippen LogP contribution in [-0.2, 0) is 19.5 Å². The summed E-state index contributed by atoms with van der Waals surface area (Å²) in [6.07, 6.45) is 0.745. The maximum Gasteiger partial charge on any atom is 0.418 e. The minimum Gasteiger partial charge on any atom is -0.378 e. The molecule has 2 saturated heterocycles. The molecule has 2 aliphatic heterocycles. The van der Waals surface area contributed by atoms with E-state index in [0.29, 0.717) is 23.6 Å². The van der Waals surface area contributed by atoms with Gasteiger partial charge in [0.1, 0.15) is 6.04 Å². The van der Waals surface area contributed by atoms with Crippen LogP contribution in [0, 0.1) is 0 Å². The molecule has 1 aromatic carbocycles. The zero-order valence-corrected chi connectivity index (χ0v) is 15.1. The first kappa shape index (κ1) is 18.4. The van der Waals surface area contributed by atoms with Crippen molar-refractivity contribution >= 4 is 33.7 Å². The molecule has 0 spiro atoms. The SMILES string of the molecule is CN(C)c1cccc(NC(=O)[C@@H]2CC[C@@H]3CN2C(=O)N3OS(=O)(=O)O)c1. The number of carbonyl (C=O) groups is 2. The zero-order valence-electron chi connectivity index (χ0n) is 14.3. The van der Waals surface area contributed by atoms with E-state index >= 15 is 0 Å². The summed E-state index contributed by atoms with van der Waals surface area (Å²) in [4.78, 5) is 28.1. The van der Waals surface area contributed by atoms with Crippen LogP contribution in [0.3, 0.4) is 0 Å². The van der Waals surface area contributed by atoms with E-state index < -0.39 is 28.5 Å². The first-order chi connectivity index (χ1) is 12.2. The van der Waals surface area contributed by atoms with Crippen molar-refractivity contribution in [3.63, 3.8) is 0 Å². The largest absolute Gasteiger partial charge is 0.418 e. The van der Waals surface area contributed by atoms with Gasteiger partial charge in [-0.3, -0.25) is 9.35 Å². The van der Waals surface area contributed by atoms with E-state index in [1.54, 1.807) is 6.07 Å². The average Bonchev–Trinajstić information content (AvgIpc) is 2.78. The van der Waals surface area contributed by atoms with Crippen LogP contribution < -0.4 is 10.2 Å². The summed E-state index contributed by atoms with van der Waals surface area (Å²) in [6.45, 7) is 0.157. The lowest BCUT2D eigenvalue weighted by molar-refractivity contribution is -0.120. The number of rotatable bonds is 5. The van der Waals surface area contributed by atoms with Crippen LogP contribution in [0.1, 0.15) is 12.8 Å². The molecule has 0 radical (unpaired) electrons. The summed E-state index contributed by atoms with van der Waals surface area (Å²) in [6, 6.07) is 5.24. The molecule has 10 nitrogen and oxygen atoms in total. The second kappa shape index (κ2) is 6.74. The number of carbonyl (C=O) groups excluding carboxylic acids is 2. The van der Waals surface area contributed by atoms with Crippen molar-refractivity contribution in [2.45, 2.75) is 24.9 Å². The normalized spacial score (nSPS) is 22.5. The third-order valence-electron chi connectivity index (χ3n) is 4.43. The summed E-state index contributed by atoms with van der Waals surface area (Å²) in [5.74, 6) is -0.360. The molecule has 0 unspecified atom stereocenters. The van der Waals surface area contributed by atoms with Crippen molar-refractivity contribution < 1.29 is 26.8 Å². The Bertz CT molecular complexity index is 827. The minimum atomic E-state index is -4.81. The fourth-order valence-electron chi connectivity index (χ4n) is 3.19. The smallest absolute Gasteiger partial charge is 0.378 e. The molecule has 2 atom stereocenters. The fraction of sp³-hybridized carbons (Fsp3) is 0.467. The van der Waals surface area contributed by atoms with Crippen LogP contribution in [0.4, 0.5) is 16.2 Å². The summed E-state index contributed by atoms with van der Waals surface area (Å²) in [5, 5.41) is 3.41. The van der Waals surface area contributed by atoms with Crippen LogP contribution in [0.2, 0.25) is 0 Å². The first-order valence-corrected chi connectivity index (χ1v) is 9.37. The van der Waals surface area contributed by atoms with Crippen molar-refractivity contribution in [2.75, 3.05) is 30.9 Å². The Labute approximate surface area is 151 Å². The van der Waals surface area contributed by atoms with Crippen LogP contribution in [0.15, 0.2) is 24.3 Å². The summed E-state index contributed by atoms with van der Waals surface area (Å²) in [5.41, 5.74) is 1.51. The highest BCUT2D eigenvalue weighted by Crippen LogP contribution is 2.31. The number of hydrogen-bond acceptors (Lipinski definition) is 6. The van der Waals surface area contributed by atoms with Gasteiger partial charge >= 0.3 is 16.4 Å². The molecule has 2 bridgehead atoms. The van der Waals surface area contributed by atoms with Gasteiger partial charge in [0.05, 0.1) is 6.04 Å². The highest BCUT2D eigenvalue weighted by atomic mass is 32.3. The minimum absolute atomic E-state index is 0.157. The monoisotopic (exact) mass is 384 g/mol. The molecule has 26 heavy (non-hydrogen) atoms. The topological polar surface area (TPSA) is 119 Å². The van der Waals surface area contributed by atoms with Gasteiger partial charge in [-0.25, -0.2) is 4.79 Å². The van der Waals surface area contributed by atoms with Gasteiger partial charge in [0, 0.05) is 32.0 Å². The lowest BCUT2D eigenvalue weighted by atomic mass is 10.0. The Kier molecular flexibility index (Phi) is 4.78. The summed E-state index contributed by atoms with van der Waals surface area (Å²) >= 11 is 0. The van der Waals surface area contributed by atoms with Crippen molar-refractivity contribution in [2.24, 2.45) is 0 Å². The maximum atomic E-state index is 12.6. The number of nitrogens with one attached hydrogen (secondary N) is 1. The average molecular weight is 384 g/mol. The Morgan fingerprint density at radius 2 is 2.08 bits per heavy atom. The standard InChI is InChI=1S/C15H20N4O6S/c1-17(2)11-5-3-4-10(8-11)16-14(20)13-7-6-12-9-18(13)15(21)19(12)25-26(22,23)24/h3-5,8,12-13H,6-7,9H2,1-2H3,(H,16,20)(H,22,23,24)/t12-,13+/m1/s1. The molecule has 0 aromatic heterocycles. The van der Waals surface area contributed by atoms with Gasteiger partial charge < -0.3 is 15.1 Å². The molecular formula is C15H20N4O6S. The van der Waals surface area contributed by atoms with E-state index in [4.69, 9.17) is 4.55 Å². The van der Waals surface area contributed by atoms with E-state index in [-0.39, 0.29) is 12.5 Å². The van der Waals surface area contributed by atoms with Gasteiger partial charge in [0.25, 0.3) is 0 Å². The number of urea groups is 1. The number of hydroxylamine groups is 2. The Hall–Kier alpha value is -2.37. The van der Waals surface area contributed by atoms with E-state index in [1.165, 1.54) is 4.90 Å². The predicted molar refractivity (Wildman–Crippen MR) is 92.8 cm³/mol. The molecule has 3 amide bonds. The maximum absolute atomic E-state index is 12.6. The number of benzene rings is 1. The third-order valence-corrected chi connectivity index (χ3v) is 4.78. The second-order valence-electron chi connectivity index (χ2n) is 6.44. The molecule has 0 saturated carbocycles. The third kappa shape index (κ3) is 3.74. The van der Waals surface area contributed by atoms with Crippen molar-refractivity contribution in [3.05, 3.63) is 24.3 Å². The number of anilines is 2. The molecule has 3 rings (SSSR count). The number of amides is 3. The number of piperidine rings is 1. The van der Waals surface area contributed by atoms with Gasteiger partial charge in [0.15, 0.2) is 0 Å². The molecule has 1 aromatic rings. The van der Waals surface area contributed by atoms with E-state index in [9.17, 15) is 18.0 Å². The van der Waals surface area contributed by atoms with Crippen LogP contribution in [-0.4, -0.2) is 67.6 Å². The number of hydrogen-bond donors (Lipinski definition) is 2. The molecule has 2 aliphatic rings. The lowest BCUT2D eigenvalue weighted by Crippen LogP contribution is -2.47. The van der Waals surface area contributed by atoms with Gasteiger partial charge in [0.2, 0.25) is 5.91 Å². The number of nitrogens with zero attached hydrogens (tertiary/aromatic N) is 3. The van der Waals surface area contributed by atoms with Crippen LogP contribution in [0.5, 0.6) is 0 Å². The highest BCUT2D eigenvalue weighted by Gasteiger charge is 2.49. The molecule has 142 valence electrons. The Morgan fingerprint density at radius 3 is 2.73 bits per heavy atom. The predicted octanol–water partition coefficient (Wildman–Crippen LogP) is 0.694. The second-order valence-corrected chi connectivity index (χ2v) is 7.45. The molecule has 11 heteroatoms. The summed E-state index contributed by atoms with van der Waals surface area (Å²) in [7, 11) is -1.04. The van der Waals surface area contributed by atoms with Gasteiger partial charge in [-0.1, -0.05) is 6.07 Å². The first-order valence-electron chi connectivity index (χ1n) is 8.01. The van der Waals surface area contributed by atoms with E-state index in [0.717, 1.165) is 5.69 Å². The molecule has 2 N–H and O–H groups in total. The van der Waals surface area contributed by atoms with Gasteiger partial charge in [-0.2, -0.15) is 13.5 Å². The molecule has 0 aliphatic carbocycles. The Morgan fingerprint density at radius 1 is 1.35 bits per heavy atom. The van der Waals surface area contributed by atoms with Crippen molar-refractivity contribution in [1.29, 1.82) is 0 Å². The number of fused-ring (bicyclic) bond motifs is 2. The van der Waals surface area contributed by atoms with Crippen LogP contribution >= 0.6 is 0 Å². The summed E-state index contributed by atoms with van der Waals surface area (Å²) < 4.78 is 35.0. The van der Waals surface area contributed by atoms with Crippen molar-refractivity contribution in [3.8, 4) is 0 Å². The highest BCUT2D eigenvalue weighted by molar-refractivity contribution is 7.80. The van der Waals surface area contributed by atoms with Crippen LogP contribution in [0.25, 0.3) is 0 Å².